The molecule has 2 aromatic rings. The van der Waals surface area contributed by atoms with Gasteiger partial charge in [-0.15, -0.1) is 0 Å². The molecule has 1 heterocycles. The predicted octanol–water partition coefficient (Wildman–Crippen LogP) is 6.41. The van der Waals surface area contributed by atoms with Crippen molar-refractivity contribution in [3.63, 3.8) is 0 Å². The Labute approximate surface area is 174 Å². The second-order valence-electron chi connectivity index (χ2n) is 7.06. The fraction of sp³-hybridized carbons (Fsp3) is 0.368. The minimum atomic E-state index is -5.37. The van der Waals surface area contributed by atoms with Gasteiger partial charge >= 0.3 is 18.5 Å². The molecule has 2 aromatic carbocycles. The number of rotatable bonds is 2. The fourth-order valence-electron chi connectivity index (χ4n) is 3.70. The smallest absolute Gasteiger partial charge is 0.372 e. The standard InChI is InChI=1S/C19H13ClF9NO/c20-13-2-1-3-14(9-13)30-5-4-16(15(30)31,19(27,28)29)10-6-11(17(21,22)23)8-12(7-10)18(24,25)26/h1-3,6-9,15,31H,4-5H2. The summed E-state index contributed by atoms with van der Waals surface area (Å²) >= 11 is 5.81. The lowest BCUT2D eigenvalue weighted by atomic mass is 9.76. The second kappa shape index (κ2) is 7.47. The van der Waals surface area contributed by atoms with E-state index in [2.05, 4.69) is 0 Å². The molecular formula is C19H13ClF9NO. The van der Waals surface area contributed by atoms with Crippen LogP contribution in [-0.4, -0.2) is 24.1 Å². The van der Waals surface area contributed by atoms with E-state index in [1.54, 1.807) is 0 Å². The van der Waals surface area contributed by atoms with Crippen LogP contribution in [0.4, 0.5) is 45.2 Å². The molecule has 1 fully saturated rings. The molecule has 0 saturated carbocycles. The summed E-state index contributed by atoms with van der Waals surface area (Å²) in [4.78, 5) is 0.840. The van der Waals surface area contributed by atoms with E-state index in [1.807, 2.05) is 0 Å². The molecule has 2 unspecified atom stereocenters. The monoisotopic (exact) mass is 477 g/mol. The van der Waals surface area contributed by atoms with Crippen molar-refractivity contribution in [3.8, 4) is 0 Å². The molecule has 1 aliphatic heterocycles. The summed E-state index contributed by atoms with van der Waals surface area (Å²) in [6, 6.07) is 5.08. The number of alkyl halides is 9. The summed E-state index contributed by atoms with van der Waals surface area (Å²) < 4.78 is 122. The molecule has 0 aromatic heterocycles. The molecular weight excluding hydrogens is 465 g/mol. The molecule has 31 heavy (non-hydrogen) atoms. The maximum absolute atomic E-state index is 14.2. The number of benzene rings is 2. The average Bonchev–Trinajstić information content (AvgIpc) is 2.98. The number of nitrogens with zero attached hydrogens (tertiary/aromatic N) is 1. The molecule has 2 nitrogen and oxygen atoms in total. The van der Waals surface area contributed by atoms with Gasteiger partial charge in [0.1, 0.15) is 11.6 Å². The quantitative estimate of drug-likeness (QED) is 0.506. The molecule has 1 N–H and O–H groups in total. The van der Waals surface area contributed by atoms with Crippen LogP contribution in [0, 0.1) is 0 Å². The van der Waals surface area contributed by atoms with Gasteiger partial charge in [0.05, 0.1) is 11.1 Å². The third kappa shape index (κ3) is 4.17. The van der Waals surface area contributed by atoms with E-state index in [0.29, 0.717) is 0 Å². The molecule has 0 aliphatic carbocycles. The molecule has 0 spiro atoms. The highest BCUT2D eigenvalue weighted by Crippen LogP contribution is 2.53. The maximum atomic E-state index is 14.2. The predicted molar refractivity (Wildman–Crippen MR) is 93.6 cm³/mol. The number of hydrogen-bond donors (Lipinski definition) is 1. The summed E-state index contributed by atoms with van der Waals surface area (Å²) in [6.45, 7) is -0.487. The van der Waals surface area contributed by atoms with Crippen molar-refractivity contribution in [2.24, 2.45) is 0 Å². The Balaban J connectivity index is 2.23. The van der Waals surface area contributed by atoms with Crippen LogP contribution < -0.4 is 4.90 Å². The first-order valence-corrected chi connectivity index (χ1v) is 9.02. The minimum absolute atomic E-state index is 0.00736. The fourth-order valence-corrected chi connectivity index (χ4v) is 3.88. The van der Waals surface area contributed by atoms with Gasteiger partial charge in [-0.05, 0) is 48.4 Å². The summed E-state index contributed by atoms with van der Waals surface area (Å²) in [5, 5.41) is 10.7. The Morgan fingerprint density at radius 2 is 1.42 bits per heavy atom. The largest absolute Gasteiger partial charge is 0.416 e. The Bertz CT molecular complexity index is 938. The van der Waals surface area contributed by atoms with Crippen LogP contribution in [0.5, 0.6) is 0 Å². The lowest BCUT2D eigenvalue weighted by Gasteiger charge is -2.38. The van der Waals surface area contributed by atoms with Crippen LogP contribution in [0.2, 0.25) is 5.02 Å². The van der Waals surface area contributed by atoms with E-state index in [1.165, 1.54) is 24.3 Å². The highest BCUT2D eigenvalue weighted by atomic mass is 35.5. The Morgan fingerprint density at radius 1 is 0.871 bits per heavy atom. The van der Waals surface area contributed by atoms with Crippen molar-refractivity contribution in [1.82, 2.24) is 0 Å². The second-order valence-corrected chi connectivity index (χ2v) is 7.50. The lowest BCUT2D eigenvalue weighted by molar-refractivity contribution is -0.211. The summed E-state index contributed by atoms with van der Waals surface area (Å²) in [7, 11) is 0. The van der Waals surface area contributed by atoms with Crippen LogP contribution in [0.15, 0.2) is 42.5 Å². The van der Waals surface area contributed by atoms with Crippen LogP contribution in [0.25, 0.3) is 0 Å². The van der Waals surface area contributed by atoms with Crippen molar-refractivity contribution in [3.05, 3.63) is 64.2 Å². The van der Waals surface area contributed by atoms with E-state index in [4.69, 9.17) is 11.6 Å². The van der Waals surface area contributed by atoms with Crippen molar-refractivity contribution in [2.75, 3.05) is 11.4 Å². The molecule has 0 amide bonds. The Kier molecular flexibility index (Phi) is 5.67. The van der Waals surface area contributed by atoms with Gasteiger partial charge in [-0.25, -0.2) is 0 Å². The van der Waals surface area contributed by atoms with Gasteiger partial charge in [-0.3, -0.25) is 0 Å². The van der Waals surface area contributed by atoms with E-state index in [0.717, 1.165) is 4.90 Å². The van der Waals surface area contributed by atoms with Gasteiger partial charge in [-0.1, -0.05) is 17.7 Å². The molecule has 3 rings (SSSR count). The molecule has 0 radical (unpaired) electrons. The van der Waals surface area contributed by atoms with Gasteiger partial charge in [0.25, 0.3) is 0 Å². The summed E-state index contributed by atoms with van der Waals surface area (Å²) in [5.74, 6) is 0. The molecule has 0 bridgehead atoms. The highest BCUT2D eigenvalue weighted by molar-refractivity contribution is 6.30. The zero-order chi connectivity index (χ0) is 23.4. The van der Waals surface area contributed by atoms with Crippen LogP contribution in [0.3, 0.4) is 0 Å². The zero-order valence-electron chi connectivity index (χ0n) is 15.2. The summed E-state index contributed by atoms with van der Waals surface area (Å²) in [5.41, 5.74) is -8.46. The van der Waals surface area contributed by atoms with Crippen LogP contribution >= 0.6 is 11.6 Å². The van der Waals surface area contributed by atoms with E-state index >= 15 is 0 Å². The molecule has 1 aliphatic rings. The first-order chi connectivity index (χ1) is 14.1. The van der Waals surface area contributed by atoms with Gasteiger partial charge in [0.15, 0.2) is 0 Å². The van der Waals surface area contributed by atoms with E-state index in [-0.39, 0.29) is 28.9 Å². The summed E-state index contributed by atoms with van der Waals surface area (Å²) in [6.07, 6.45) is -19.5. The van der Waals surface area contributed by atoms with E-state index < -0.39 is 59.8 Å². The Morgan fingerprint density at radius 3 is 1.87 bits per heavy atom. The van der Waals surface area contributed by atoms with Gasteiger partial charge < -0.3 is 10.0 Å². The lowest BCUT2D eigenvalue weighted by Crippen LogP contribution is -2.52. The molecule has 170 valence electrons. The average molecular weight is 478 g/mol. The SMILES string of the molecule is OC1N(c2cccc(Cl)c2)CCC1(c1cc(C(F)(F)F)cc(C(F)(F)F)c1)C(F)(F)F. The van der Waals surface area contributed by atoms with Crippen molar-refractivity contribution in [2.45, 2.75) is 36.6 Å². The van der Waals surface area contributed by atoms with Crippen LogP contribution in [0.1, 0.15) is 23.1 Å². The number of halogens is 10. The molecule has 12 heteroatoms. The topological polar surface area (TPSA) is 23.5 Å². The maximum Gasteiger partial charge on any atom is 0.416 e. The van der Waals surface area contributed by atoms with Crippen molar-refractivity contribution < 1.29 is 44.6 Å². The van der Waals surface area contributed by atoms with Gasteiger partial charge in [-0.2, -0.15) is 39.5 Å². The third-order valence-electron chi connectivity index (χ3n) is 5.23. The Hall–Kier alpha value is -2.14. The zero-order valence-corrected chi connectivity index (χ0v) is 16.0. The number of anilines is 1. The molecule has 2 atom stereocenters. The van der Waals surface area contributed by atoms with Crippen LogP contribution in [-0.2, 0) is 17.8 Å². The van der Waals surface area contributed by atoms with Gasteiger partial charge in [0.2, 0.25) is 0 Å². The van der Waals surface area contributed by atoms with E-state index in [9.17, 15) is 44.6 Å². The number of aliphatic hydroxyl groups excluding tert-OH is 1. The van der Waals surface area contributed by atoms with Crippen molar-refractivity contribution >= 4 is 17.3 Å². The first kappa shape index (κ1) is 23.5. The third-order valence-corrected chi connectivity index (χ3v) is 5.47. The number of hydrogen-bond acceptors (Lipinski definition) is 2. The molecule has 1 saturated heterocycles. The van der Waals surface area contributed by atoms with Crippen molar-refractivity contribution in [1.29, 1.82) is 0 Å². The first-order valence-electron chi connectivity index (χ1n) is 8.64. The van der Waals surface area contributed by atoms with Gasteiger partial charge in [0, 0.05) is 17.3 Å². The highest BCUT2D eigenvalue weighted by Gasteiger charge is 2.65. The number of aliphatic hydroxyl groups is 1. The minimum Gasteiger partial charge on any atom is -0.372 e. The normalized spacial score (nSPS) is 22.8.